The molecular weight excluding hydrogens is 142 g/mol. The van der Waals surface area contributed by atoms with Gasteiger partial charge in [-0.1, -0.05) is 6.92 Å². The zero-order valence-electron chi connectivity index (χ0n) is 7.11. The minimum atomic E-state index is 0.296. The van der Waals surface area contributed by atoms with Crippen LogP contribution in [0.3, 0.4) is 0 Å². The molecule has 0 bridgehead atoms. The molecule has 1 unspecified atom stereocenters. The van der Waals surface area contributed by atoms with Gasteiger partial charge in [-0.15, -0.1) is 5.10 Å². The summed E-state index contributed by atoms with van der Waals surface area (Å²) in [6.45, 7) is 2.10. The van der Waals surface area contributed by atoms with Crippen LogP contribution < -0.4 is 0 Å². The van der Waals surface area contributed by atoms with Gasteiger partial charge in [0.25, 0.3) is 0 Å². The van der Waals surface area contributed by atoms with Gasteiger partial charge in [-0.3, -0.25) is 4.90 Å². The summed E-state index contributed by atoms with van der Waals surface area (Å²) in [6, 6.07) is 0.296. The SMILES string of the molecule is CCC(c1cnno1)N(C)C. The average Bonchev–Trinajstić information content (AvgIpc) is 2.40. The second-order valence-corrected chi connectivity index (χ2v) is 2.71. The van der Waals surface area contributed by atoms with E-state index in [1.165, 1.54) is 0 Å². The Morgan fingerprint density at radius 3 is 2.73 bits per heavy atom. The second-order valence-electron chi connectivity index (χ2n) is 2.71. The van der Waals surface area contributed by atoms with Gasteiger partial charge >= 0.3 is 0 Å². The maximum atomic E-state index is 4.95. The molecule has 0 aliphatic rings. The van der Waals surface area contributed by atoms with Crippen molar-refractivity contribution in [2.75, 3.05) is 14.1 Å². The van der Waals surface area contributed by atoms with Crippen molar-refractivity contribution in [3.05, 3.63) is 12.0 Å². The van der Waals surface area contributed by atoms with Crippen LogP contribution in [-0.4, -0.2) is 29.4 Å². The molecule has 0 saturated carbocycles. The molecule has 1 heterocycles. The van der Waals surface area contributed by atoms with Crippen LogP contribution in [0.1, 0.15) is 25.1 Å². The van der Waals surface area contributed by atoms with Gasteiger partial charge in [0.05, 0.1) is 12.2 Å². The van der Waals surface area contributed by atoms with Crippen LogP contribution in [0.25, 0.3) is 0 Å². The number of nitrogens with zero attached hydrogens (tertiary/aromatic N) is 3. The lowest BCUT2D eigenvalue weighted by Crippen LogP contribution is -2.18. The van der Waals surface area contributed by atoms with Crippen LogP contribution >= 0.6 is 0 Å². The number of hydrogen-bond donors (Lipinski definition) is 0. The topological polar surface area (TPSA) is 42.2 Å². The first kappa shape index (κ1) is 8.20. The third-order valence-corrected chi connectivity index (χ3v) is 1.72. The van der Waals surface area contributed by atoms with E-state index >= 15 is 0 Å². The zero-order valence-corrected chi connectivity index (χ0v) is 7.11. The number of aromatic nitrogens is 2. The average molecular weight is 155 g/mol. The number of hydrogen-bond acceptors (Lipinski definition) is 4. The Balaban J connectivity index is 2.71. The van der Waals surface area contributed by atoms with Gasteiger partial charge in [-0.05, 0) is 20.5 Å². The molecule has 1 aromatic heterocycles. The number of rotatable bonds is 3. The fourth-order valence-corrected chi connectivity index (χ4v) is 1.14. The molecule has 0 radical (unpaired) electrons. The molecule has 11 heavy (non-hydrogen) atoms. The van der Waals surface area contributed by atoms with E-state index in [2.05, 4.69) is 22.2 Å². The smallest absolute Gasteiger partial charge is 0.174 e. The molecule has 1 rings (SSSR count). The largest absolute Gasteiger partial charge is 0.340 e. The summed E-state index contributed by atoms with van der Waals surface area (Å²) in [6.07, 6.45) is 2.66. The third-order valence-electron chi connectivity index (χ3n) is 1.72. The van der Waals surface area contributed by atoms with Crippen LogP contribution in [0.15, 0.2) is 10.7 Å². The van der Waals surface area contributed by atoms with E-state index in [1.54, 1.807) is 6.20 Å². The summed E-state index contributed by atoms with van der Waals surface area (Å²) in [5.41, 5.74) is 0. The Bertz CT molecular complexity index is 195. The molecular formula is C7H13N3O. The molecule has 0 aliphatic carbocycles. The van der Waals surface area contributed by atoms with Gasteiger partial charge in [0, 0.05) is 5.27 Å². The van der Waals surface area contributed by atoms with Crippen molar-refractivity contribution in [1.82, 2.24) is 15.3 Å². The molecule has 4 nitrogen and oxygen atoms in total. The van der Waals surface area contributed by atoms with E-state index < -0.39 is 0 Å². The van der Waals surface area contributed by atoms with Crippen LogP contribution in [0, 0.1) is 0 Å². The lowest BCUT2D eigenvalue weighted by molar-refractivity contribution is 0.228. The predicted molar refractivity (Wildman–Crippen MR) is 41.0 cm³/mol. The van der Waals surface area contributed by atoms with Crippen molar-refractivity contribution >= 4 is 0 Å². The quantitative estimate of drug-likeness (QED) is 0.655. The van der Waals surface area contributed by atoms with E-state index in [-0.39, 0.29) is 0 Å². The lowest BCUT2D eigenvalue weighted by Gasteiger charge is -2.18. The molecule has 0 N–H and O–H groups in total. The summed E-state index contributed by atoms with van der Waals surface area (Å²) in [5.74, 6) is 0.831. The summed E-state index contributed by atoms with van der Waals surface area (Å²) in [5, 5.41) is 7.05. The van der Waals surface area contributed by atoms with Crippen molar-refractivity contribution in [2.45, 2.75) is 19.4 Å². The highest BCUT2D eigenvalue weighted by Crippen LogP contribution is 2.19. The molecule has 0 fully saturated rings. The Labute approximate surface area is 66.2 Å². The van der Waals surface area contributed by atoms with E-state index in [0.717, 1.165) is 12.2 Å². The Hall–Kier alpha value is -0.900. The Kier molecular flexibility index (Phi) is 2.59. The maximum Gasteiger partial charge on any atom is 0.174 e. The minimum Gasteiger partial charge on any atom is -0.340 e. The Morgan fingerprint density at radius 1 is 1.64 bits per heavy atom. The van der Waals surface area contributed by atoms with Gasteiger partial charge in [-0.2, -0.15) is 0 Å². The molecule has 1 aromatic rings. The monoisotopic (exact) mass is 155 g/mol. The highest BCUT2D eigenvalue weighted by atomic mass is 16.5. The van der Waals surface area contributed by atoms with Gasteiger partial charge in [0.1, 0.15) is 0 Å². The van der Waals surface area contributed by atoms with E-state index in [4.69, 9.17) is 4.52 Å². The van der Waals surface area contributed by atoms with Crippen molar-refractivity contribution in [3.8, 4) is 0 Å². The fourth-order valence-electron chi connectivity index (χ4n) is 1.14. The minimum absolute atomic E-state index is 0.296. The van der Waals surface area contributed by atoms with Crippen LogP contribution in [-0.2, 0) is 0 Å². The maximum absolute atomic E-state index is 4.95. The van der Waals surface area contributed by atoms with Crippen molar-refractivity contribution in [3.63, 3.8) is 0 Å². The predicted octanol–water partition coefficient (Wildman–Crippen LogP) is 1.08. The normalized spacial score (nSPS) is 13.8. The molecule has 0 aliphatic heterocycles. The van der Waals surface area contributed by atoms with Crippen molar-refractivity contribution < 1.29 is 4.52 Å². The first-order chi connectivity index (χ1) is 5.25. The summed E-state index contributed by atoms with van der Waals surface area (Å²) >= 11 is 0. The summed E-state index contributed by atoms with van der Waals surface area (Å²) in [4.78, 5) is 2.09. The molecule has 4 heteroatoms. The lowest BCUT2D eigenvalue weighted by atomic mass is 10.2. The highest BCUT2D eigenvalue weighted by Gasteiger charge is 2.15. The molecule has 0 saturated heterocycles. The standard InChI is InChI=1S/C7H13N3O/c1-4-6(10(2)3)7-5-8-9-11-7/h5-6H,4H2,1-3H3. The van der Waals surface area contributed by atoms with E-state index in [9.17, 15) is 0 Å². The fraction of sp³-hybridized carbons (Fsp3) is 0.714. The summed E-state index contributed by atoms with van der Waals surface area (Å²) in [7, 11) is 4.02. The van der Waals surface area contributed by atoms with Crippen LogP contribution in [0.4, 0.5) is 0 Å². The first-order valence-electron chi connectivity index (χ1n) is 3.69. The van der Waals surface area contributed by atoms with Crippen LogP contribution in [0.2, 0.25) is 0 Å². The molecule has 0 spiro atoms. The molecule has 1 atom stereocenters. The van der Waals surface area contributed by atoms with Gasteiger partial charge in [-0.25, -0.2) is 0 Å². The molecule has 62 valence electrons. The van der Waals surface area contributed by atoms with Crippen molar-refractivity contribution in [1.29, 1.82) is 0 Å². The Morgan fingerprint density at radius 2 is 2.36 bits per heavy atom. The zero-order chi connectivity index (χ0) is 8.27. The summed E-state index contributed by atoms with van der Waals surface area (Å²) < 4.78 is 4.95. The molecule has 0 aromatic carbocycles. The van der Waals surface area contributed by atoms with Crippen LogP contribution in [0.5, 0.6) is 0 Å². The molecule has 0 amide bonds. The van der Waals surface area contributed by atoms with Gasteiger partial charge in [0.15, 0.2) is 5.76 Å². The van der Waals surface area contributed by atoms with Gasteiger partial charge < -0.3 is 4.52 Å². The highest BCUT2D eigenvalue weighted by molar-refractivity contribution is 4.94. The van der Waals surface area contributed by atoms with E-state index in [0.29, 0.717) is 6.04 Å². The van der Waals surface area contributed by atoms with E-state index in [1.807, 2.05) is 14.1 Å². The first-order valence-corrected chi connectivity index (χ1v) is 3.69. The third kappa shape index (κ3) is 1.77. The second kappa shape index (κ2) is 3.48. The van der Waals surface area contributed by atoms with Crippen molar-refractivity contribution in [2.24, 2.45) is 0 Å². The van der Waals surface area contributed by atoms with Gasteiger partial charge in [0.2, 0.25) is 0 Å².